The molecule has 1 aromatic rings. The van der Waals surface area contributed by atoms with Gasteiger partial charge in [-0.2, -0.15) is 0 Å². The average molecular weight is 302 g/mol. The van der Waals surface area contributed by atoms with E-state index in [2.05, 4.69) is 50.0 Å². The number of likely N-dealkylation sites (tertiary alicyclic amines) is 1. The van der Waals surface area contributed by atoms with E-state index in [1.54, 1.807) is 0 Å². The van der Waals surface area contributed by atoms with E-state index in [1.165, 1.54) is 18.5 Å². The van der Waals surface area contributed by atoms with Crippen LogP contribution in [-0.4, -0.2) is 36.5 Å². The van der Waals surface area contributed by atoms with Gasteiger partial charge in [0.05, 0.1) is 0 Å². The summed E-state index contributed by atoms with van der Waals surface area (Å²) in [6.07, 6.45) is 3.33. The van der Waals surface area contributed by atoms with Crippen LogP contribution in [0.15, 0.2) is 24.3 Å². The average Bonchev–Trinajstić information content (AvgIpc) is 2.49. The fourth-order valence-corrected chi connectivity index (χ4v) is 3.01. The van der Waals surface area contributed by atoms with Crippen molar-refractivity contribution in [2.24, 2.45) is 0 Å². The summed E-state index contributed by atoms with van der Waals surface area (Å²) in [6.45, 7) is 12.2. The standard InChI is InChI=1S/C19H30N2O/c1-5-12-21-13-10-17(11-14-21)20-18(22)15-6-8-16(9-7-15)19(2,3)4/h6-9,17H,5,10-14H2,1-4H3,(H,20,22). The maximum absolute atomic E-state index is 12.4. The van der Waals surface area contributed by atoms with Gasteiger partial charge in [0.15, 0.2) is 0 Å². The molecule has 122 valence electrons. The van der Waals surface area contributed by atoms with E-state index in [9.17, 15) is 4.79 Å². The number of nitrogens with one attached hydrogen (secondary N) is 1. The molecule has 0 atom stereocenters. The van der Waals surface area contributed by atoms with Crippen LogP contribution in [-0.2, 0) is 5.41 Å². The van der Waals surface area contributed by atoms with E-state index in [0.29, 0.717) is 6.04 Å². The van der Waals surface area contributed by atoms with E-state index in [0.717, 1.165) is 31.5 Å². The third kappa shape index (κ3) is 4.57. The Labute approximate surface area is 135 Å². The summed E-state index contributed by atoms with van der Waals surface area (Å²) in [5.41, 5.74) is 2.15. The lowest BCUT2D eigenvalue weighted by atomic mass is 9.86. The molecular weight excluding hydrogens is 272 g/mol. The Kier molecular flexibility index (Phi) is 5.63. The molecule has 1 aromatic carbocycles. The molecule has 0 spiro atoms. The maximum atomic E-state index is 12.4. The first-order valence-electron chi connectivity index (χ1n) is 8.54. The van der Waals surface area contributed by atoms with Gasteiger partial charge in [-0.15, -0.1) is 0 Å². The third-order valence-corrected chi connectivity index (χ3v) is 4.48. The number of amides is 1. The van der Waals surface area contributed by atoms with Crippen molar-refractivity contribution in [2.45, 2.75) is 58.4 Å². The highest BCUT2D eigenvalue weighted by molar-refractivity contribution is 5.94. The number of carbonyl (C=O) groups is 1. The van der Waals surface area contributed by atoms with Crippen molar-refractivity contribution < 1.29 is 4.79 Å². The fraction of sp³-hybridized carbons (Fsp3) is 0.632. The molecule has 1 saturated heterocycles. The molecule has 1 aliphatic heterocycles. The molecule has 3 heteroatoms. The highest BCUT2D eigenvalue weighted by Gasteiger charge is 2.21. The van der Waals surface area contributed by atoms with E-state index in [-0.39, 0.29) is 11.3 Å². The SMILES string of the molecule is CCCN1CCC(NC(=O)c2ccc(C(C)(C)C)cc2)CC1. The van der Waals surface area contributed by atoms with Crippen LogP contribution < -0.4 is 5.32 Å². The molecule has 0 unspecified atom stereocenters. The summed E-state index contributed by atoms with van der Waals surface area (Å²) in [5, 5.41) is 3.19. The molecule has 2 rings (SSSR count). The minimum absolute atomic E-state index is 0.0643. The van der Waals surface area contributed by atoms with Gasteiger partial charge in [0.2, 0.25) is 0 Å². The first kappa shape index (κ1) is 17.0. The zero-order valence-corrected chi connectivity index (χ0v) is 14.5. The van der Waals surface area contributed by atoms with Gasteiger partial charge in [-0.3, -0.25) is 4.79 Å². The van der Waals surface area contributed by atoms with Crippen molar-refractivity contribution in [1.82, 2.24) is 10.2 Å². The zero-order valence-electron chi connectivity index (χ0n) is 14.5. The summed E-state index contributed by atoms with van der Waals surface area (Å²) in [7, 11) is 0. The molecule has 22 heavy (non-hydrogen) atoms. The Bertz CT molecular complexity index is 479. The lowest BCUT2D eigenvalue weighted by molar-refractivity contribution is 0.0911. The van der Waals surface area contributed by atoms with Crippen LogP contribution in [0.4, 0.5) is 0 Å². The van der Waals surface area contributed by atoms with E-state index >= 15 is 0 Å². The first-order valence-corrected chi connectivity index (χ1v) is 8.54. The van der Waals surface area contributed by atoms with Crippen molar-refractivity contribution >= 4 is 5.91 Å². The monoisotopic (exact) mass is 302 g/mol. The van der Waals surface area contributed by atoms with Crippen molar-refractivity contribution in [3.63, 3.8) is 0 Å². The molecule has 1 fully saturated rings. The Morgan fingerprint density at radius 3 is 2.27 bits per heavy atom. The Morgan fingerprint density at radius 1 is 1.18 bits per heavy atom. The van der Waals surface area contributed by atoms with Gasteiger partial charge in [-0.25, -0.2) is 0 Å². The number of nitrogens with zero attached hydrogens (tertiary/aromatic N) is 1. The Balaban J connectivity index is 1.88. The van der Waals surface area contributed by atoms with E-state index < -0.39 is 0 Å². The predicted octanol–water partition coefficient (Wildman–Crippen LogP) is 3.59. The summed E-state index contributed by atoms with van der Waals surface area (Å²) in [5.74, 6) is 0.0643. The molecule has 1 N–H and O–H groups in total. The second-order valence-electron chi connectivity index (χ2n) is 7.42. The van der Waals surface area contributed by atoms with Crippen molar-refractivity contribution in [2.75, 3.05) is 19.6 Å². The molecule has 0 radical (unpaired) electrons. The largest absolute Gasteiger partial charge is 0.349 e. The highest BCUT2D eigenvalue weighted by atomic mass is 16.1. The van der Waals surface area contributed by atoms with Crippen LogP contribution >= 0.6 is 0 Å². The van der Waals surface area contributed by atoms with Crippen LogP contribution in [0.3, 0.4) is 0 Å². The van der Waals surface area contributed by atoms with Crippen molar-refractivity contribution in [3.8, 4) is 0 Å². The van der Waals surface area contributed by atoms with Crippen LogP contribution in [0.2, 0.25) is 0 Å². The Morgan fingerprint density at radius 2 is 1.77 bits per heavy atom. The molecule has 3 nitrogen and oxygen atoms in total. The zero-order chi connectivity index (χ0) is 16.2. The van der Waals surface area contributed by atoms with Gasteiger partial charge in [0.25, 0.3) is 5.91 Å². The molecule has 0 aliphatic carbocycles. The minimum atomic E-state index is 0.0643. The summed E-state index contributed by atoms with van der Waals surface area (Å²) in [6, 6.07) is 8.35. The van der Waals surface area contributed by atoms with Crippen LogP contribution in [0.5, 0.6) is 0 Å². The number of hydrogen-bond acceptors (Lipinski definition) is 2. The van der Waals surface area contributed by atoms with E-state index in [1.807, 2.05) is 12.1 Å². The molecule has 0 aromatic heterocycles. The lowest BCUT2D eigenvalue weighted by Gasteiger charge is -2.32. The third-order valence-electron chi connectivity index (χ3n) is 4.48. The topological polar surface area (TPSA) is 32.3 Å². The summed E-state index contributed by atoms with van der Waals surface area (Å²) >= 11 is 0. The molecular formula is C19H30N2O. The van der Waals surface area contributed by atoms with Crippen LogP contribution in [0, 0.1) is 0 Å². The summed E-state index contributed by atoms with van der Waals surface area (Å²) in [4.78, 5) is 14.8. The lowest BCUT2D eigenvalue weighted by Crippen LogP contribution is -2.44. The summed E-state index contributed by atoms with van der Waals surface area (Å²) < 4.78 is 0. The number of rotatable bonds is 4. The van der Waals surface area contributed by atoms with Gasteiger partial charge in [-0.1, -0.05) is 39.8 Å². The highest BCUT2D eigenvalue weighted by Crippen LogP contribution is 2.22. The smallest absolute Gasteiger partial charge is 0.251 e. The second kappa shape index (κ2) is 7.28. The van der Waals surface area contributed by atoms with Gasteiger partial charge in [0, 0.05) is 24.7 Å². The Hall–Kier alpha value is -1.35. The molecule has 1 aliphatic rings. The number of hydrogen-bond donors (Lipinski definition) is 1. The van der Waals surface area contributed by atoms with Crippen molar-refractivity contribution in [1.29, 1.82) is 0 Å². The quantitative estimate of drug-likeness (QED) is 0.922. The second-order valence-corrected chi connectivity index (χ2v) is 7.42. The van der Waals surface area contributed by atoms with Gasteiger partial charge < -0.3 is 10.2 Å². The molecule has 0 saturated carbocycles. The van der Waals surface area contributed by atoms with Gasteiger partial charge in [0.1, 0.15) is 0 Å². The normalized spacial score (nSPS) is 17.5. The van der Waals surface area contributed by atoms with Gasteiger partial charge >= 0.3 is 0 Å². The molecule has 1 amide bonds. The van der Waals surface area contributed by atoms with Gasteiger partial charge in [-0.05, 0) is 48.9 Å². The minimum Gasteiger partial charge on any atom is -0.349 e. The number of piperidine rings is 1. The maximum Gasteiger partial charge on any atom is 0.251 e. The molecule has 0 bridgehead atoms. The van der Waals surface area contributed by atoms with Crippen LogP contribution in [0.25, 0.3) is 0 Å². The number of benzene rings is 1. The molecule has 1 heterocycles. The van der Waals surface area contributed by atoms with Crippen LogP contribution in [0.1, 0.15) is 62.9 Å². The fourth-order valence-electron chi connectivity index (χ4n) is 3.01. The predicted molar refractivity (Wildman–Crippen MR) is 92.4 cm³/mol. The van der Waals surface area contributed by atoms with E-state index in [4.69, 9.17) is 0 Å². The first-order chi connectivity index (χ1) is 10.4. The van der Waals surface area contributed by atoms with Crippen molar-refractivity contribution in [3.05, 3.63) is 35.4 Å². The number of carbonyl (C=O) groups excluding carboxylic acids is 1.